The zero-order valence-electron chi connectivity index (χ0n) is 22.6. The van der Waals surface area contributed by atoms with Crippen LogP contribution in [-0.4, -0.2) is 0 Å². The quantitative estimate of drug-likeness (QED) is 0.280. The number of hydrogen-bond acceptors (Lipinski definition) is 2. The van der Waals surface area contributed by atoms with Gasteiger partial charge in [-0.1, -0.05) is 59.7 Å². The molecule has 4 aliphatic carbocycles. The minimum absolute atomic E-state index is 0. The molecule has 2 atom stereocenters. The first-order valence-electron chi connectivity index (χ1n) is 13.0. The number of fused-ring (bicyclic) bond motifs is 6. The van der Waals surface area contributed by atoms with Crippen molar-refractivity contribution in [2.75, 3.05) is 0 Å². The number of halogens is 2. The molecule has 0 saturated carbocycles. The summed E-state index contributed by atoms with van der Waals surface area (Å²) in [7, 11) is 0. The molecular weight excluding hydrogens is 659 g/mol. The molecule has 0 aliphatic heterocycles. The van der Waals surface area contributed by atoms with Gasteiger partial charge in [-0.05, 0) is 49.9 Å². The summed E-state index contributed by atoms with van der Waals surface area (Å²) in [4.78, 5) is 5.40. The summed E-state index contributed by atoms with van der Waals surface area (Å²) in [6.07, 6.45) is 24.3. The second kappa shape index (κ2) is 13.4. The second-order valence-electron chi connectivity index (χ2n) is 10.0. The summed E-state index contributed by atoms with van der Waals surface area (Å²) in [5.41, 5.74) is 10.4. The van der Waals surface area contributed by atoms with E-state index in [1.807, 2.05) is 22.7 Å². The van der Waals surface area contributed by atoms with Crippen LogP contribution in [0.5, 0.6) is 0 Å². The Bertz CT molecular complexity index is 1630. The number of allylic oxidation sites excluding steroid dienone is 10. The van der Waals surface area contributed by atoms with E-state index in [9.17, 15) is 0 Å². The summed E-state index contributed by atoms with van der Waals surface area (Å²) in [5, 5.41) is 0. The van der Waals surface area contributed by atoms with Gasteiger partial charge in [0.2, 0.25) is 0 Å². The van der Waals surface area contributed by atoms with Gasteiger partial charge in [0.15, 0.2) is 0 Å². The van der Waals surface area contributed by atoms with Crippen molar-refractivity contribution in [1.29, 1.82) is 0 Å². The van der Waals surface area contributed by atoms with Gasteiger partial charge in [-0.3, -0.25) is 0 Å². The molecule has 4 aliphatic rings. The summed E-state index contributed by atoms with van der Waals surface area (Å²) in [6.45, 7) is 4.31. The van der Waals surface area contributed by atoms with E-state index in [0.717, 1.165) is 0 Å². The van der Waals surface area contributed by atoms with Gasteiger partial charge in [-0.25, -0.2) is 0 Å². The summed E-state index contributed by atoms with van der Waals surface area (Å²) < 4.78 is 0. The van der Waals surface area contributed by atoms with Crippen molar-refractivity contribution in [2.45, 2.75) is 25.7 Å². The van der Waals surface area contributed by atoms with Crippen molar-refractivity contribution in [2.24, 2.45) is 0 Å². The summed E-state index contributed by atoms with van der Waals surface area (Å²) in [5.74, 6) is 0.832. The first kappa shape index (κ1) is 31.7. The Balaban J connectivity index is 0.000000176. The van der Waals surface area contributed by atoms with Crippen molar-refractivity contribution < 1.29 is 51.0 Å². The van der Waals surface area contributed by atoms with Gasteiger partial charge in [-0.15, -0.1) is 105 Å². The van der Waals surface area contributed by atoms with Gasteiger partial charge in [-0.2, -0.15) is 0 Å². The van der Waals surface area contributed by atoms with Gasteiger partial charge < -0.3 is 24.8 Å². The molecule has 0 radical (unpaired) electrons. The van der Waals surface area contributed by atoms with E-state index < -0.39 is 0 Å². The minimum atomic E-state index is 0. The van der Waals surface area contributed by atoms with Crippen molar-refractivity contribution in [3.63, 3.8) is 0 Å². The molecule has 0 N–H and O–H groups in total. The first-order valence-corrected chi connectivity index (χ1v) is 14.6. The summed E-state index contributed by atoms with van der Waals surface area (Å²) >= 11 is 3.70. The van der Waals surface area contributed by atoms with E-state index in [2.05, 4.69) is 135 Å². The molecule has 41 heavy (non-hydrogen) atoms. The average Bonchev–Trinajstić information content (AvgIpc) is 3.72. The van der Waals surface area contributed by atoms with Gasteiger partial charge in [0.05, 0.1) is 0 Å². The second-order valence-corrected chi connectivity index (χ2v) is 12.6. The average molecular weight is 685 g/mol. The van der Waals surface area contributed by atoms with Crippen molar-refractivity contribution in [3.05, 3.63) is 165 Å². The van der Waals surface area contributed by atoms with Gasteiger partial charge in [0.25, 0.3) is 0 Å². The SMILES string of the molecule is Cc1ccc(-c2ccc3c(c2)[C-]=C2C=CC=CC23)s1.Cc1ccc(-c2ccc3c(c2)[C-]=C2C=CC=CC23)s1.[Cl-].[Cl-].[Zr+4]. The number of benzene rings is 2. The monoisotopic (exact) mass is 682 g/mol. The van der Waals surface area contributed by atoms with Crippen LogP contribution in [0, 0.1) is 26.0 Å². The minimum Gasteiger partial charge on any atom is -1.00 e. The Labute approximate surface area is 282 Å². The van der Waals surface area contributed by atoms with E-state index in [4.69, 9.17) is 0 Å². The van der Waals surface area contributed by atoms with Gasteiger partial charge in [0, 0.05) is 19.5 Å². The van der Waals surface area contributed by atoms with Crippen molar-refractivity contribution >= 4 is 22.7 Å². The molecule has 0 fully saturated rings. The molecule has 2 unspecified atom stereocenters. The topological polar surface area (TPSA) is 0 Å². The normalized spacial score (nSPS) is 17.8. The fourth-order valence-corrected chi connectivity index (χ4v) is 7.26. The van der Waals surface area contributed by atoms with E-state index in [-0.39, 0.29) is 51.0 Å². The molecule has 5 heteroatoms. The number of aryl methyl sites for hydroxylation is 2. The smallest absolute Gasteiger partial charge is 1.00 e. The van der Waals surface area contributed by atoms with Crippen LogP contribution in [0.3, 0.4) is 0 Å². The predicted molar refractivity (Wildman–Crippen MR) is 163 cm³/mol. The molecule has 0 saturated heterocycles. The zero-order chi connectivity index (χ0) is 25.6. The Kier molecular flexibility index (Phi) is 10.3. The van der Waals surface area contributed by atoms with E-state index in [1.165, 1.54) is 64.0 Å². The van der Waals surface area contributed by atoms with Crippen LogP contribution in [0.1, 0.15) is 43.8 Å². The van der Waals surface area contributed by atoms with E-state index in [0.29, 0.717) is 11.8 Å². The van der Waals surface area contributed by atoms with E-state index >= 15 is 0 Å². The maximum atomic E-state index is 3.54. The molecular formula is C36H26Cl2S2Zr. The Morgan fingerprint density at radius 2 is 1.00 bits per heavy atom. The van der Waals surface area contributed by atoms with Gasteiger partial charge in [0.1, 0.15) is 0 Å². The third-order valence-corrected chi connectivity index (χ3v) is 9.54. The summed E-state index contributed by atoms with van der Waals surface area (Å²) in [6, 6.07) is 22.3. The third kappa shape index (κ3) is 6.26. The molecule has 0 bridgehead atoms. The van der Waals surface area contributed by atoms with Crippen LogP contribution in [0.25, 0.3) is 20.9 Å². The maximum absolute atomic E-state index is 3.54. The van der Waals surface area contributed by atoms with Crippen molar-refractivity contribution in [3.8, 4) is 20.9 Å². The molecule has 200 valence electrons. The van der Waals surface area contributed by atoms with Crippen LogP contribution >= 0.6 is 22.7 Å². The molecule has 0 nitrogen and oxygen atoms in total. The Hall–Kier alpha value is -2.26. The number of hydrogen-bond donors (Lipinski definition) is 0. The van der Waals surface area contributed by atoms with Crippen LogP contribution in [0.4, 0.5) is 0 Å². The first-order chi connectivity index (χ1) is 18.6. The van der Waals surface area contributed by atoms with Crippen LogP contribution in [0.15, 0.2) is 120 Å². The molecule has 2 aromatic heterocycles. The van der Waals surface area contributed by atoms with Gasteiger partial charge >= 0.3 is 26.2 Å². The van der Waals surface area contributed by atoms with Crippen LogP contribution < -0.4 is 24.8 Å². The standard InChI is InChI=1S/2C18H13S.2ClH.Zr/c2*1-12-6-9-18(19-12)14-7-8-17-15(11-14)10-13-4-2-3-5-16(13)17;;;/h2*2-9,11,16H,1H3;2*1H;/q2*-1;;;+4/p-2. The molecule has 2 heterocycles. The molecule has 2 aromatic carbocycles. The molecule has 4 aromatic rings. The van der Waals surface area contributed by atoms with Crippen LogP contribution in [-0.2, 0) is 26.2 Å². The van der Waals surface area contributed by atoms with Crippen molar-refractivity contribution in [1.82, 2.24) is 0 Å². The Morgan fingerprint density at radius 3 is 1.39 bits per heavy atom. The van der Waals surface area contributed by atoms with Crippen LogP contribution in [0.2, 0.25) is 0 Å². The fourth-order valence-electron chi connectivity index (χ4n) is 5.53. The predicted octanol–water partition coefficient (Wildman–Crippen LogP) is 4.05. The molecule has 0 amide bonds. The fraction of sp³-hybridized carbons (Fsp3) is 0.111. The number of rotatable bonds is 2. The maximum Gasteiger partial charge on any atom is 4.00 e. The zero-order valence-corrected chi connectivity index (χ0v) is 28.2. The number of thiophene rings is 2. The third-order valence-electron chi connectivity index (χ3n) is 7.44. The Morgan fingerprint density at radius 1 is 0.561 bits per heavy atom. The molecule has 0 spiro atoms. The van der Waals surface area contributed by atoms with E-state index in [1.54, 1.807) is 0 Å². The largest absolute Gasteiger partial charge is 4.00 e. The molecule has 8 rings (SSSR count).